The number of allylic oxidation sites excluding steroid dienone is 2. The van der Waals surface area contributed by atoms with Crippen LogP contribution in [0.1, 0.15) is 53.4 Å². The van der Waals surface area contributed by atoms with Crippen LogP contribution in [0.4, 0.5) is 0 Å². The van der Waals surface area contributed by atoms with E-state index < -0.39 is 52.3 Å². The number of carbonyl (C=O) groups is 1. The number of phenolic OH excluding ortho intramolecular Hbond substituents is 8. The molecular formula is C28H28O10. The molecule has 200 valence electrons. The lowest BCUT2D eigenvalue weighted by atomic mass is 9.81. The number of fused-ring (bicyclic) bond motifs is 1. The van der Waals surface area contributed by atoms with Crippen molar-refractivity contribution < 1.29 is 50.4 Å². The maximum Gasteiger partial charge on any atom is 0.200 e. The number of hydrogen-bond acceptors (Lipinski definition) is 10. The van der Waals surface area contributed by atoms with Gasteiger partial charge in [0.2, 0.25) is 0 Å². The van der Waals surface area contributed by atoms with Gasteiger partial charge in [-0.25, -0.2) is 0 Å². The molecule has 4 rings (SSSR count). The van der Waals surface area contributed by atoms with Gasteiger partial charge in [-0.2, -0.15) is 0 Å². The summed E-state index contributed by atoms with van der Waals surface area (Å²) in [5, 5.41) is 80.6. The Kier molecular flexibility index (Phi) is 6.91. The van der Waals surface area contributed by atoms with Crippen molar-refractivity contribution in [3.8, 4) is 51.7 Å². The number of aromatic hydroxyl groups is 8. The number of benzene rings is 3. The number of ether oxygens (including phenoxy) is 1. The highest BCUT2D eigenvalue weighted by molar-refractivity contribution is 5.97. The molecule has 0 saturated carbocycles. The van der Waals surface area contributed by atoms with E-state index in [9.17, 15) is 45.6 Å². The number of hydrogen-bond donors (Lipinski definition) is 8. The summed E-state index contributed by atoms with van der Waals surface area (Å²) >= 11 is 0. The second kappa shape index (κ2) is 9.97. The van der Waals surface area contributed by atoms with Crippen molar-refractivity contribution in [2.24, 2.45) is 5.92 Å². The van der Waals surface area contributed by atoms with Gasteiger partial charge in [0.05, 0.1) is 0 Å². The van der Waals surface area contributed by atoms with Gasteiger partial charge in [0.1, 0.15) is 23.4 Å². The van der Waals surface area contributed by atoms with E-state index in [1.54, 1.807) is 0 Å². The Morgan fingerprint density at radius 1 is 0.816 bits per heavy atom. The topological polar surface area (TPSA) is 188 Å². The zero-order chi connectivity index (χ0) is 27.9. The first kappa shape index (κ1) is 26.3. The number of rotatable bonds is 6. The highest BCUT2D eigenvalue weighted by Gasteiger charge is 2.37. The fourth-order valence-corrected chi connectivity index (χ4v) is 4.58. The molecule has 1 heterocycles. The first-order chi connectivity index (χ1) is 17.9. The van der Waals surface area contributed by atoms with Gasteiger partial charge >= 0.3 is 0 Å². The summed E-state index contributed by atoms with van der Waals surface area (Å²) in [6.45, 7) is 3.77. The molecule has 1 aliphatic rings. The molecule has 0 saturated heterocycles. The van der Waals surface area contributed by atoms with Crippen LogP contribution in [0.2, 0.25) is 0 Å². The van der Waals surface area contributed by atoms with Crippen molar-refractivity contribution in [3.63, 3.8) is 0 Å². The molecule has 3 aromatic rings. The molecule has 8 N–H and O–H groups in total. The lowest BCUT2D eigenvalue weighted by molar-refractivity contribution is 0.0792. The summed E-state index contributed by atoms with van der Waals surface area (Å²) in [5.74, 6) is -5.57. The molecule has 0 bridgehead atoms. The number of carbonyl (C=O) groups excluding carboxylic acids is 1. The molecule has 0 radical (unpaired) electrons. The molecule has 0 unspecified atom stereocenters. The molecule has 0 fully saturated rings. The standard InChI is InChI=1S/C28H28O10/c1-12(2)3-4-16-19(30)11-20(31)17-5-14(8-18(29)13-6-21(32)25(36)22(33)7-13)27(38-28(16)17)15-9-23(34)26(37)24(35)10-15/h3,6-7,9-11,14,27,30-37H,4-5,8H2,1-2H3/t14-,27-/m0/s1. The van der Waals surface area contributed by atoms with Gasteiger partial charge < -0.3 is 45.6 Å². The van der Waals surface area contributed by atoms with Gasteiger partial charge in [0.25, 0.3) is 0 Å². The zero-order valence-corrected chi connectivity index (χ0v) is 20.6. The number of phenols is 8. The molecule has 10 heteroatoms. The van der Waals surface area contributed by atoms with E-state index in [0.29, 0.717) is 11.1 Å². The van der Waals surface area contributed by atoms with E-state index in [4.69, 9.17) is 4.74 Å². The third-order valence-corrected chi connectivity index (χ3v) is 6.55. The van der Waals surface area contributed by atoms with Gasteiger partial charge in [0, 0.05) is 40.7 Å². The molecule has 1 aliphatic heterocycles. The minimum atomic E-state index is -0.991. The van der Waals surface area contributed by atoms with E-state index in [2.05, 4.69) is 0 Å². The molecule has 3 aromatic carbocycles. The van der Waals surface area contributed by atoms with Gasteiger partial charge in [-0.3, -0.25) is 4.79 Å². The highest BCUT2D eigenvalue weighted by Crippen LogP contribution is 2.50. The Morgan fingerprint density at radius 2 is 1.37 bits per heavy atom. The molecule has 0 aliphatic carbocycles. The molecule has 10 nitrogen and oxygen atoms in total. The van der Waals surface area contributed by atoms with Crippen LogP contribution in [0.25, 0.3) is 0 Å². The normalized spacial score (nSPS) is 16.4. The van der Waals surface area contributed by atoms with E-state index in [0.717, 1.165) is 17.7 Å². The van der Waals surface area contributed by atoms with Crippen molar-refractivity contribution >= 4 is 5.78 Å². The predicted molar refractivity (Wildman–Crippen MR) is 135 cm³/mol. The lowest BCUT2D eigenvalue weighted by Gasteiger charge is -2.35. The van der Waals surface area contributed by atoms with Crippen LogP contribution in [0.5, 0.6) is 51.7 Å². The van der Waals surface area contributed by atoms with Gasteiger partial charge in [-0.05, 0) is 51.0 Å². The second-order valence-electron chi connectivity index (χ2n) is 9.59. The second-order valence-corrected chi connectivity index (χ2v) is 9.59. The average molecular weight is 525 g/mol. The van der Waals surface area contributed by atoms with Crippen molar-refractivity contribution in [1.82, 2.24) is 0 Å². The monoisotopic (exact) mass is 524 g/mol. The van der Waals surface area contributed by atoms with Crippen LogP contribution in [0, 0.1) is 5.92 Å². The van der Waals surface area contributed by atoms with Crippen molar-refractivity contribution in [2.75, 3.05) is 0 Å². The van der Waals surface area contributed by atoms with Crippen molar-refractivity contribution in [1.29, 1.82) is 0 Å². The van der Waals surface area contributed by atoms with Crippen molar-refractivity contribution in [3.05, 3.63) is 64.2 Å². The summed E-state index contributed by atoms with van der Waals surface area (Å²) in [7, 11) is 0. The highest BCUT2D eigenvalue weighted by atomic mass is 16.5. The minimum absolute atomic E-state index is 0.0815. The Hall–Kier alpha value is -4.73. The first-order valence-electron chi connectivity index (χ1n) is 11.8. The maximum absolute atomic E-state index is 13.2. The molecule has 0 aromatic heterocycles. The van der Waals surface area contributed by atoms with Crippen LogP contribution in [0.15, 0.2) is 42.0 Å². The van der Waals surface area contributed by atoms with E-state index in [1.165, 1.54) is 18.2 Å². The number of Topliss-reactive ketones (excluding diaryl/α,β-unsaturated/α-hetero) is 1. The first-order valence-corrected chi connectivity index (χ1v) is 11.8. The fraction of sp³-hybridized carbons (Fsp3) is 0.250. The smallest absolute Gasteiger partial charge is 0.200 e. The van der Waals surface area contributed by atoms with E-state index >= 15 is 0 Å². The van der Waals surface area contributed by atoms with E-state index in [1.807, 2.05) is 19.9 Å². The summed E-state index contributed by atoms with van der Waals surface area (Å²) in [5.41, 5.74) is 1.86. The van der Waals surface area contributed by atoms with Gasteiger partial charge in [0.15, 0.2) is 40.3 Å². The third-order valence-electron chi connectivity index (χ3n) is 6.55. The quantitative estimate of drug-likeness (QED) is 0.130. The minimum Gasteiger partial charge on any atom is -0.507 e. The maximum atomic E-state index is 13.2. The van der Waals surface area contributed by atoms with Crippen LogP contribution in [0.3, 0.4) is 0 Å². The Labute approximate surface area is 217 Å². The SMILES string of the molecule is CC(C)=CCc1c(O)cc(O)c2c1O[C@H](c1cc(O)c(O)c(O)c1)[C@H](CC(=O)c1cc(O)c(O)c(O)c1)C2. The lowest BCUT2D eigenvalue weighted by Crippen LogP contribution is -2.29. The fourth-order valence-electron chi connectivity index (χ4n) is 4.58. The molecule has 0 amide bonds. The van der Waals surface area contributed by atoms with Crippen molar-refractivity contribution in [2.45, 2.75) is 39.2 Å². The van der Waals surface area contributed by atoms with Crippen LogP contribution >= 0.6 is 0 Å². The number of ketones is 1. The molecule has 0 spiro atoms. The third kappa shape index (κ3) is 4.93. The van der Waals surface area contributed by atoms with Crippen LogP contribution < -0.4 is 4.74 Å². The Balaban J connectivity index is 1.81. The molecule has 2 atom stereocenters. The summed E-state index contributed by atoms with van der Waals surface area (Å²) in [4.78, 5) is 13.2. The molecular weight excluding hydrogens is 496 g/mol. The Morgan fingerprint density at radius 3 is 1.92 bits per heavy atom. The molecule has 38 heavy (non-hydrogen) atoms. The summed E-state index contributed by atoms with van der Waals surface area (Å²) in [6, 6.07) is 5.58. The van der Waals surface area contributed by atoms with Gasteiger partial charge in [-0.1, -0.05) is 11.6 Å². The van der Waals surface area contributed by atoms with Crippen LogP contribution in [-0.4, -0.2) is 46.6 Å². The van der Waals surface area contributed by atoms with E-state index in [-0.39, 0.29) is 47.6 Å². The Bertz CT molecular complexity index is 1410. The predicted octanol–water partition coefficient (Wildman–Crippen LogP) is 4.41. The zero-order valence-electron chi connectivity index (χ0n) is 20.6. The summed E-state index contributed by atoms with van der Waals surface area (Å²) in [6.07, 6.45) is 1.00. The largest absolute Gasteiger partial charge is 0.507 e. The van der Waals surface area contributed by atoms with Crippen LogP contribution in [-0.2, 0) is 12.8 Å². The van der Waals surface area contributed by atoms with Gasteiger partial charge in [-0.15, -0.1) is 0 Å². The summed E-state index contributed by atoms with van der Waals surface area (Å²) < 4.78 is 6.26. The average Bonchev–Trinajstić information content (AvgIpc) is 2.84.